The Morgan fingerprint density at radius 1 is 0.625 bits per heavy atom. The Balaban J connectivity index is 0.000000193. The fourth-order valence-electron chi connectivity index (χ4n) is 7.56. The largest absolute Gasteiger partial charge is 1.00 e. The summed E-state index contributed by atoms with van der Waals surface area (Å²) >= 11 is 3.39. The van der Waals surface area contributed by atoms with Crippen molar-refractivity contribution in [2.75, 3.05) is 87.2 Å². The molecule has 4 aromatic heterocycles. The predicted octanol–water partition coefficient (Wildman–Crippen LogP) is 1.27. The van der Waals surface area contributed by atoms with Crippen LogP contribution in [0.5, 0.6) is 11.5 Å². The molecule has 2 fully saturated rings. The minimum atomic E-state index is -0.400. The van der Waals surface area contributed by atoms with E-state index in [1.54, 1.807) is 0 Å². The second-order valence-electron chi connectivity index (χ2n) is 14.9. The van der Waals surface area contributed by atoms with Crippen molar-refractivity contribution in [3.8, 4) is 11.5 Å². The number of aromatic amines is 4. The molecule has 6 heterocycles. The van der Waals surface area contributed by atoms with E-state index in [0.717, 1.165) is 152 Å². The van der Waals surface area contributed by atoms with Gasteiger partial charge in [-0.25, -0.2) is 9.59 Å². The van der Waals surface area contributed by atoms with E-state index in [1.807, 2.05) is 85.2 Å². The number of hydrogen-bond donors (Lipinski definition) is 5. The molecule has 0 unspecified atom stereocenters. The molecule has 0 bridgehead atoms. The van der Waals surface area contributed by atoms with Gasteiger partial charge < -0.3 is 57.4 Å². The van der Waals surface area contributed by atoms with Crippen LogP contribution in [-0.2, 0) is 0 Å². The average molecular weight is 1060 g/mol. The molecular formula is C45H55BrIN10NaO6. The molecule has 0 spiro atoms. The minimum absolute atomic E-state index is 0. The summed E-state index contributed by atoms with van der Waals surface area (Å²) in [6.07, 6.45) is 7.97. The van der Waals surface area contributed by atoms with E-state index in [0.29, 0.717) is 17.8 Å². The maximum Gasteiger partial charge on any atom is 1.00 e. The normalized spacial score (nSPS) is 13.9. The van der Waals surface area contributed by atoms with Crippen molar-refractivity contribution in [3.05, 3.63) is 106 Å². The number of para-hydroxylation sites is 2. The number of unbranched alkanes of at least 4 members (excludes halogenated alkanes) is 2. The van der Waals surface area contributed by atoms with Crippen LogP contribution in [0.15, 0.2) is 104 Å². The second kappa shape index (κ2) is 25.4. The van der Waals surface area contributed by atoms with Crippen LogP contribution < -0.4 is 89.6 Å². The number of piperazine rings is 2. The Hall–Kier alpha value is -4.31. The molecule has 2 aliphatic rings. The van der Waals surface area contributed by atoms with Crippen molar-refractivity contribution in [2.24, 2.45) is 0 Å². The first-order chi connectivity index (χ1) is 30.0. The van der Waals surface area contributed by atoms with Crippen LogP contribution in [0.25, 0.3) is 44.0 Å². The first-order valence-corrected chi connectivity index (χ1v) is 22.0. The molecular weight excluding hydrogens is 1010 g/mol. The van der Waals surface area contributed by atoms with Gasteiger partial charge in [0.1, 0.15) is 11.5 Å². The minimum Gasteiger partial charge on any atom is -1.00 e. The Morgan fingerprint density at radius 3 is 1.64 bits per heavy atom. The topological polar surface area (TPSA) is 190 Å². The maximum absolute atomic E-state index is 11.5. The SMILES string of the molecule is BrCCCCOc1ccc2cn[nH]c2c1.C.O=c1[nH]c2cccc(N3CCN(CCCCOc4ccc5cn[nH]c5c4)CC3)c2o1.O=c1[nH]c2cccc(N3CCNCC3)c2o1.[I-].[Na+]. The third-order valence-electron chi connectivity index (χ3n) is 10.8. The Labute approximate surface area is 418 Å². The fourth-order valence-corrected chi connectivity index (χ4v) is 7.96. The molecule has 5 N–H and O–H groups in total. The number of fused-ring (bicyclic) bond motifs is 4. The molecule has 16 nitrogen and oxygen atoms in total. The number of alkyl halides is 1. The molecule has 0 saturated carbocycles. The standard InChI is InChI=1S/C22H25N5O3.C11H13BrN2O.C11H13N3O2.CH4.HI.Na/c28-22-24-18-4-3-5-20(21(18)30-22)27-11-9-26(10-12-27)8-1-2-13-29-17-7-6-16-15-23-25-19(16)14-17;12-5-1-2-6-15-10-4-3-9-8-13-14-11(9)7-10;15-11-13-8-2-1-3-9(10(8)16-11)14-6-4-12-5-7-14;;;/h3-7,14-15H,1-2,8-13H2,(H,23,25)(H,24,28);3-4,7-8H,1-2,5-6H2,(H,13,14);1-3,12H,4-7H2,(H,13,15);1H4;1H;/q;;;;;+1/p-1. The molecule has 10 rings (SSSR count). The molecule has 0 aliphatic carbocycles. The molecule has 0 amide bonds. The van der Waals surface area contributed by atoms with Gasteiger partial charge in [-0.2, -0.15) is 10.2 Å². The van der Waals surface area contributed by atoms with E-state index in [2.05, 4.69) is 66.3 Å². The maximum atomic E-state index is 11.5. The number of rotatable bonds is 13. The molecule has 4 aromatic carbocycles. The number of benzene rings is 4. The predicted molar refractivity (Wildman–Crippen MR) is 250 cm³/mol. The number of aromatic nitrogens is 6. The van der Waals surface area contributed by atoms with Crippen molar-refractivity contribution in [1.29, 1.82) is 0 Å². The number of hydrogen-bond acceptors (Lipinski definition) is 12. The molecule has 64 heavy (non-hydrogen) atoms. The number of H-pyrrole nitrogens is 4. The Bertz CT molecular complexity index is 2740. The Kier molecular flexibility index (Phi) is 20.1. The molecule has 0 atom stereocenters. The number of nitrogens with one attached hydrogen (secondary N) is 5. The smallest absolute Gasteiger partial charge is 1.00 e. The summed E-state index contributed by atoms with van der Waals surface area (Å²) < 4.78 is 22.0. The van der Waals surface area contributed by atoms with Crippen molar-refractivity contribution < 1.29 is 71.8 Å². The third kappa shape index (κ3) is 13.4. The monoisotopic (exact) mass is 1060 g/mol. The van der Waals surface area contributed by atoms with Crippen LogP contribution >= 0.6 is 15.9 Å². The fraction of sp³-hybridized carbons (Fsp3) is 0.378. The van der Waals surface area contributed by atoms with Gasteiger partial charge in [0.15, 0.2) is 11.2 Å². The molecule has 2 aliphatic heterocycles. The van der Waals surface area contributed by atoms with Gasteiger partial charge in [0.25, 0.3) is 0 Å². The van der Waals surface area contributed by atoms with Crippen molar-refractivity contribution in [1.82, 2.24) is 40.6 Å². The average Bonchev–Trinajstić information content (AvgIpc) is 4.11. The van der Waals surface area contributed by atoms with Crippen molar-refractivity contribution >= 4 is 71.3 Å². The summed E-state index contributed by atoms with van der Waals surface area (Å²) in [6, 6.07) is 23.6. The summed E-state index contributed by atoms with van der Waals surface area (Å²) in [4.78, 5) is 35.1. The third-order valence-corrected chi connectivity index (χ3v) is 11.3. The van der Waals surface area contributed by atoms with E-state index in [-0.39, 0.29) is 61.0 Å². The van der Waals surface area contributed by atoms with Gasteiger partial charge in [-0.1, -0.05) is 35.5 Å². The van der Waals surface area contributed by atoms with Crippen molar-refractivity contribution in [3.63, 3.8) is 0 Å². The zero-order chi connectivity index (χ0) is 41.8. The number of oxazole rings is 2. The van der Waals surface area contributed by atoms with Gasteiger partial charge in [-0.15, -0.1) is 0 Å². The number of nitrogens with zero attached hydrogens (tertiary/aromatic N) is 5. The van der Waals surface area contributed by atoms with Crippen LogP contribution in [0.2, 0.25) is 0 Å². The van der Waals surface area contributed by atoms with Gasteiger partial charge in [-0.3, -0.25) is 25.1 Å². The first-order valence-electron chi connectivity index (χ1n) is 20.9. The van der Waals surface area contributed by atoms with Crippen LogP contribution in [-0.4, -0.2) is 113 Å². The molecule has 336 valence electrons. The van der Waals surface area contributed by atoms with Gasteiger partial charge >= 0.3 is 41.1 Å². The van der Waals surface area contributed by atoms with E-state index >= 15 is 0 Å². The Morgan fingerprint density at radius 2 is 1.12 bits per heavy atom. The summed E-state index contributed by atoms with van der Waals surface area (Å²) in [5.41, 5.74) is 6.85. The van der Waals surface area contributed by atoms with Crippen LogP contribution in [0.3, 0.4) is 0 Å². The first kappa shape index (κ1) is 50.7. The van der Waals surface area contributed by atoms with Crippen molar-refractivity contribution in [2.45, 2.75) is 33.1 Å². The number of ether oxygens (including phenoxy) is 2. The van der Waals surface area contributed by atoms with Crippen LogP contribution in [0, 0.1) is 0 Å². The molecule has 19 heteroatoms. The molecule has 0 radical (unpaired) electrons. The summed E-state index contributed by atoms with van der Waals surface area (Å²) in [6.45, 7) is 10.2. The second-order valence-corrected chi connectivity index (χ2v) is 15.7. The summed E-state index contributed by atoms with van der Waals surface area (Å²) in [7, 11) is 0. The van der Waals surface area contributed by atoms with E-state index in [1.165, 1.54) is 0 Å². The van der Waals surface area contributed by atoms with Gasteiger partial charge in [-0.05, 0) is 80.8 Å². The number of anilines is 2. The van der Waals surface area contributed by atoms with Gasteiger partial charge in [0.2, 0.25) is 0 Å². The zero-order valence-corrected chi connectivity index (χ0v) is 41.1. The summed E-state index contributed by atoms with van der Waals surface area (Å²) in [5, 5.41) is 20.4. The van der Waals surface area contributed by atoms with Gasteiger partial charge in [0.05, 0.1) is 59.0 Å². The van der Waals surface area contributed by atoms with Crippen LogP contribution in [0.1, 0.15) is 33.1 Å². The zero-order valence-electron chi connectivity index (χ0n) is 35.3. The van der Waals surface area contributed by atoms with E-state index < -0.39 is 11.5 Å². The summed E-state index contributed by atoms with van der Waals surface area (Å²) in [5.74, 6) is 0.993. The molecule has 8 aromatic rings. The van der Waals surface area contributed by atoms with Gasteiger partial charge in [0, 0.05) is 80.6 Å². The van der Waals surface area contributed by atoms with E-state index in [9.17, 15) is 9.59 Å². The number of halogens is 2. The quantitative estimate of drug-likeness (QED) is 0.0483. The van der Waals surface area contributed by atoms with E-state index in [4.69, 9.17) is 18.3 Å². The van der Waals surface area contributed by atoms with Crippen LogP contribution in [0.4, 0.5) is 11.4 Å². The molecule has 2 saturated heterocycles.